The van der Waals surface area contributed by atoms with Crippen LogP contribution in [-0.4, -0.2) is 0 Å². The average molecular weight is 279 g/mol. The van der Waals surface area contributed by atoms with Crippen LogP contribution in [0, 0.1) is 0 Å². The first-order valence-corrected chi connectivity index (χ1v) is 7.66. The van der Waals surface area contributed by atoms with Crippen LogP contribution in [0.25, 0.3) is 10.1 Å². The summed E-state index contributed by atoms with van der Waals surface area (Å²) in [6, 6.07) is 12.8. The summed E-state index contributed by atoms with van der Waals surface area (Å²) in [5.74, 6) is 0. The molecule has 0 fully saturated rings. The molecule has 86 valence electrons. The van der Waals surface area contributed by atoms with Crippen LogP contribution in [0.4, 0.5) is 0 Å². The Morgan fingerprint density at radius 2 is 2.06 bits per heavy atom. The van der Waals surface area contributed by atoms with Crippen molar-refractivity contribution in [2.75, 3.05) is 0 Å². The fourth-order valence-electron chi connectivity index (χ4n) is 1.87. The van der Waals surface area contributed by atoms with E-state index in [9.17, 15) is 0 Å². The van der Waals surface area contributed by atoms with Gasteiger partial charge in [-0.25, -0.2) is 0 Å². The Labute approximate surface area is 113 Å². The molecule has 0 amide bonds. The molecule has 1 aromatic carbocycles. The van der Waals surface area contributed by atoms with E-state index in [-0.39, 0.29) is 5.38 Å². The van der Waals surface area contributed by atoms with Crippen LogP contribution in [0.1, 0.15) is 15.8 Å². The van der Waals surface area contributed by atoms with E-state index in [1.807, 2.05) is 0 Å². The lowest BCUT2D eigenvalue weighted by atomic mass is 10.1. The summed E-state index contributed by atoms with van der Waals surface area (Å²) in [6.45, 7) is 0. The van der Waals surface area contributed by atoms with Gasteiger partial charge in [-0.2, -0.15) is 11.3 Å². The number of alkyl halides is 1. The largest absolute Gasteiger partial charge is 0.152 e. The van der Waals surface area contributed by atoms with Gasteiger partial charge in [0, 0.05) is 9.58 Å². The minimum absolute atomic E-state index is 0.0852. The van der Waals surface area contributed by atoms with Crippen molar-refractivity contribution in [1.82, 2.24) is 0 Å². The van der Waals surface area contributed by atoms with E-state index in [0.29, 0.717) is 0 Å². The molecule has 3 heteroatoms. The molecule has 0 aliphatic heterocycles. The number of rotatable bonds is 3. The number of thiophene rings is 2. The molecule has 3 rings (SSSR count). The van der Waals surface area contributed by atoms with Gasteiger partial charge in [-0.05, 0) is 46.3 Å². The number of halogens is 1. The van der Waals surface area contributed by atoms with Gasteiger partial charge in [0.25, 0.3) is 0 Å². The first-order valence-electron chi connectivity index (χ1n) is 5.46. The highest BCUT2D eigenvalue weighted by Gasteiger charge is 2.12. The Kier molecular flexibility index (Phi) is 3.19. The van der Waals surface area contributed by atoms with E-state index in [0.717, 1.165) is 6.42 Å². The molecule has 0 aliphatic rings. The van der Waals surface area contributed by atoms with E-state index in [1.54, 1.807) is 22.7 Å². The molecule has 0 saturated carbocycles. The predicted octanol–water partition coefficient (Wildman–Crippen LogP) is 5.49. The zero-order valence-electron chi connectivity index (χ0n) is 9.10. The maximum Gasteiger partial charge on any atom is 0.0719 e. The minimum atomic E-state index is 0.0852. The Morgan fingerprint density at radius 3 is 2.82 bits per heavy atom. The van der Waals surface area contributed by atoms with Crippen molar-refractivity contribution < 1.29 is 0 Å². The second kappa shape index (κ2) is 4.81. The summed E-state index contributed by atoms with van der Waals surface area (Å²) in [7, 11) is 0. The smallest absolute Gasteiger partial charge is 0.0719 e. The monoisotopic (exact) mass is 278 g/mol. The van der Waals surface area contributed by atoms with E-state index in [4.69, 9.17) is 11.6 Å². The van der Waals surface area contributed by atoms with Gasteiger partial charge in [0.1, 0.15) is 0 Å². The first-order chi connectivity index (χ1) is 8.33. The van der Waals surface area contributed by atoms with Gasteiger partial charge in [-0.15, -0.1) is 22.9 Å². The van der Waals surface area contributed by atoms with Crippen LogP contribution in [0.3, 0.4) is 0 Å². The number of fused-ring (bicyclic) bond motifs is 1. The van der Waals surface area contributed by atoms with E-state index < -0.39 is 0 Å². The van der Waals surface area contributed by atoms with Crippen molar-refractivity contribution in [2.24, 2.45) is 0 Å². The second-order valence-corrected chi connectivity index (χ2v) is 6.41. The van der Waals surface area contributed by atoms with Crippen molar-refractivity contribution in [3.63, 3.8) is 0 Å². The third kappa shape index (κ3) is 2.39. The molecule has 0 bridgehead atoms. The van der Waals surface area contributed by atoms with E-state index in [2.05, 4.69) is 47.2 Å². The van der Waals surface area contributed by atoms with Crippen LogP contribution in [0.15, 0.2) is 47.2 Å². The average Bonchev–Trinajstić information content (AvgIpc) is 2.96. The van der Waals surface area contributed by atoms with Crippen LogP contribution in [0.5, 0.6) is 0 Å². The van der Waals surface area contributed by atoms with Gasteiger partial charge < -0.3 is 0 Å². The zero-order valence-corrected chi connectivity index (χ0v) is 11.5. The van der Waals surface area contributed by atoms with Gasteiger partial charge in [-0.3, -0.25) is 0 Å². The normalized spacial score (nSPS) is 13.0. The molecule has 0 spiro atoms. The van der Waals surface area contributed by atoms with Gasteiger partial charge >= 0.3 is 0 Å². The zero-order chi connectivity index (χ0) is 11.7. The number of hydrogen-bond donors (Lipinski definition) is 0. The molecule has 17 heavy (non-hydrogen) atoms. The minimum Gasteiger partial charge on any atom is -0.152 e. The summed E-state index contributed by atoms with van der Waals surface area (Å²) >= 11 is 10.0. The maximum atomic E-state index is 6.48. The second-order valence-electron chi connectivity index (χ2n) is 3.99. The third-order valence-electron chi connectivity index (χ3n) is 2.75. The molecule has 0 saturated heterocycles. The molecule has 2 heterocycles. The van der Waals surface area contributed by atoms with Crippen molar-refractivity contribution >= 4 is 44.4 Å². The highest BCUT2D eigenvalue weighted by molar-refractivity contribution is 7.19. The summed E-state index contributed by atoms with van der Waals surface area (Å²) in [5, 5.41) is 5.65. The van der Waals surface area contributed by atoms with E-state index >= 15 is 0 Å². The molecule has 0 nitrogen and oxygen atoms in total. The fraction of sp³-hybridized carbons (Fsp3) is 0.143. The highest BCUT2D eigenvalue weighted by atomic mass is 35.5. The lowest BCUT2D eigenvalue weighted by Crippen LogP contribution is -1.90. The standard InChI is InChI=1S/C14H11ClS2/c15-12(7-10-5-6-16-9-10)14-8-11-3-1-2-4-13(11)17-14/h1-6,8-9,12H,7H2. The molecular formula is C14H11ClS2. The molecule has 3 aromatic rings. The van der Waals surface area contributed by atoms with Crippen LogP contribution in [-0.2, 0) is 6.42 Å². The maximum absolute atomic E-state index is 6.48. The molecule has 1 unspecified atom stereocenters. The van der Waals surface area contributed by atoms with Gasteiger partial charge in [0.2, 0.25) is 0 Å². The Bertz CT molecular complexity index is 577. The summed E-state index contributed by atoms with van der Waals surface area (Å²) in [5.41, 5.74) is 1.33. The van der Waals surface area contributed by atoms with E-state index in [1.165, 1.54) is 20.5 Å². The van der Waals surface area contributed by atoms with Crippen LogP contribution < -0.4 is 0 Å². The van der Waals surface area contributed by atoms with Crippen molar-refractivity contribution in [3.8, 4) is 0 Å². The lowest BCUT2D eigenvalue weighted by Gasteiger charge is -2.04. The molecule has 0 aliphatic carbocycles. The molecular weight excluding hydrogens is 268 g/mol. The Hall–Kier alpha value is -0.830. The molecule has 1 atom stereocenters. The van der Waals surface area contributed by atoms with Gasteiger partial charge in [-0.1, -0.05) is 18.2 Å². The van der Waals surface area contributed by atoms with Crippen molar-refractivity contribution in [2.45, 2.75) is 11.8 Å². The van der Waals surface area contributed by atoms with Gasteiger partial charge in [0.05, 0.1) is 5.38 Å². The predicted molar refractivity (Wildman–Crippen MR) is 78.4 cm³/mol. The van der Waals surface area contributed by atoms with Crippen molar-refractivity contribution in [1.29, 1.82) is 0 Å². The SMILES string of the molecule is ClC(Cc1ccsc1)c1cc2ccccc2s1. The van der Waals surface area contributed by atoms with Gasteiger partial charge in [0.15, 0.2) is 0 Å². The number of benzene rings is 1. The Morgan fingerprint density at radius 1 is 1.18 bits per heavy atom. The fourth-order valence-corrected chi connectivity index (χ4v) is 3.97. The topological polar surface area (TPSA) is 0 Å². The third-order valence-corrected chi connectivity index (χ3v) is 5.23. The first kappa shape index (κ1) is 11.3. The summed E-state index contributed by atoms with van der Waals surface area (Å²) in [6.07, 6.45) is 0.915. The molecule has 0 N–H and O–H groups in total. The molecule has 2 aromatic heterocycles. The summed E-state index contributed by atoms with van der Waals surface area (Å²) in [4.78, 5) is 1.26. The molecule has 0 radical (unpaired) electrons. The van der Waals surface area contributed by atoms with Crippen molar-refractivity contribution in [3.05, 3.63) is 57.6 Å². The summed E-state index contributed by atoms with van der Waals surface area (Å²) < 4.78 is 1.32. The van der Waals surface area contributed by atoms with Crippen LogP contribution >= 0.6 is 34.3 Å². The lowest BCUT2D eigenvalue weighted by molar-refractivity contribution is 0.946. The van der Waals surface area contributed by atoms with Crippen LogP contribution in [0.2, 0.25) is 0 Å². The number of hydrogen-bond acceptors (Lipinski definition) is 2. The highest BCUT2D eigenvalue weighted by Crippen LogP contribution is 2.35. The Balaban J connectivity index is 1.88. The quantitative estimate of drug-likeness (QED) is 0.556.